The van der Waals surface area contributed by atoms with Crippen molar-refractivity contribution in [2.75, 3.05) is 29.9 Å². The molecule has 2 aliphatic rings. The third kappa shape index (κ3) is 3.01. The van der Waals surface area contributed by atoms with E-state index in [1.807, 2.05) is 0 Å². The molecule has 2 aromatic carbocycles. The SMILES string of the molecule is CN1C(=O)Cc2cc(S(=O)(=O)Nc3cc4c(cc3C(=O)O)OCCO4)ccc21. The Balaban J connectivity index is 1.72. The Morgan fingerprint density at radius 1 is 1.14 bits per heavy atom. The molecule has 0 atom stereocenters. The summed E-state index contributed by atoms with van der Waals surface area (Å²) in [5.74, 6) is -0.936. The van der Waals surface area contributed by atoms with Gasteiger partial charge in [0, 0.05) is 24.9 Å². The molecule has 28 heavy (non-hydrogen) atoms. The lowest BCUT2D eigenvalue weighted by Gasteiger charge is -2.20. The minimum Gasteiger partial charge on any atom is -0.486 e. The second-order valence-electron chi connectivity index (χ2n) is 6.37. The molecule has 0 spiro atoms. The monoisotopic (exact) mass is 404 g/mol. The number of carboxylic acids is 1. The number of ether oxygens (including phenoxy) is 2. The fraction of sp³-hybridized carbons (Fsp3) is 0.222. The zero-order chi connectivity index (χ0) is 20.1. The first-order chi connectivity index (χ1) is 13.3. The molecule has 0 fully saturated rings. The predicted octanol–water partition coefficient (Wildman–Crippen LogP) is 1.48. The molecule has 0 aliphatic carbocycles. The van der Waals surface area contributed by atoms with Gasteiger partial charge < -0.3 is 19.5 Å². The summed E-state index contributed by atoms with van der Waals surface area (Å²) in [5.41, 5.74) is 0.847. The molecular weight excluding hydrogens is 388 g/mol. The van der Waals surface area contributed by atoms with E-state index in [0.717, 1.165) is 0 Å². The van der Waals surface area contributed by atoms with Crippen molar-refractivity contribution in [2.24, 2.45) is 0 Å². The molecule has 0 aromatic heterocycles. The fourth-order valence-electron chi connectivity index (χ4n) is 3.17. The maximum absolute atomic E-state index is 12.8. The Bertz CT molecular complexity index is 1110. The first kappa shape index (κ1) is 18.1. The highest BCUT2D eigenvalue weighted by atomic mass is 32.2. The third-order valence-corrected chi connectivity index (χ3v) is 5.96. The summed E-state index contributed by atoms with van der Waals surface area (Å²) in [6.07, 6.45) is 0.111. The molecular formula is C18H16N2O7S. The molecule has 2 N–H and O–H groups in total. The van der Waals surface area contributed by atoms with E-state index >= 15 is 0 Å². The number of carbonyl (C=O) groups is 2. The third-order valence-electron chi connectivity index (χ3n) is 4.60. The van der Waals surface area contributed by atoms with E-state index in [0.29, 0.717) is 11.3 Å². The Morgan fingerprint density at radius 2 is 1.82 bits per heavy atom. The van der Waals surface area contributed by atoms with Gasteiger partial charge in [0.15, 0.2) is 11.5 Å². The van der Waals surface area contributed by atoms with Crippen LogP contribution in [0.3, 0.4) is 0 Å². The number of aromatic carboxylic acids is 1. The largest absolute Gasteiger partial charge is 0.486 e. The highest BCUT2D eigenvalue weighted by Crippen LogP contribution is 2.37. The summed E-state index contributed by atoms with van der Waals surface area (Å²) in [4.78, 5) is 24.8. The smallest absolute Gasteiger partial charge is 0.337 e. The summed E-state index contributed by atoms with van der Waals surface area (Å²) in [5, 5.41) is 9.45. The highest BCUT2D eigenvalue weighted by Gasteiger charge is 2.28. The Hall–Kier alpha value is -3.27. The van der Waals surface area contributed by atoms with Crippen molar-refractivity contribution < 1.29 is 32.6 Å². The Morgan fingerprint density at radius 3 is 2.50 bits per heavy atom. The number of sulfonamides is 1. The molecule has 10 heteroatoms. The van der Waals surface area contributed by atoms with Crippen LogP contribution in [-0.4, -0.2) is 45.7 Å². The standard InChI is InChI=1S/C18H16N2O7S/c1-20-14-3-2-11(6-10(14)7-17(20)21)28(24,25)19-13-9-16-15(26-4-5-27-16)8-12(13)18(22)23/h2-3,6,8-9,19H,4-5,7H2,1H3,(H,22,23). The Kier molecular flexibility index (Phi) is 4.15. The van der Waals surface area contributed by atoms with E-state index in [1.54, 1.807) is 13.1 Å². The molecule has 146 valence electrons. The lowest BCUT2D eigenvalue weighted by atomic mass is 10.1. The van der Waals surface area contributed by atoms with Gasteiger partial charge in [0.05, 0.1) is 22.6 Å². The number of nitrogens with zero attached hydrogens (tertiary/aromatic N) is 1. The van der Waals surface area contributed by atoms with Crippen molar-refractivity contribution in [1.29, 1.82) is 0 Å². The van der Waals surface area contributed by atoms with E-state index < -0.39 is 16.0 Å². The predicted molar refractivity (Wildman–Crippen MR) is 98.8 cm³/mol. The van der Waals surface area contributed by atoms with E-state index in [9.17, 15) is 23.1 Å². The topological polar surface area (TPSA) is 122 Å². The first-order valence-corrected chi connectivity index (χ1v) is 9.84. The normalized spacial score (nSPS) is 15.3. The molecule has 0 radical (unpaired) electrons. The van der Waals surface area contributed by atoms with Crippen molar-refractivity contribution in [3.05, 3.63) is 41.5 Å². The number of likely N-dealkylation sites (N-methyl/N-ethyl adjacent to an activating group) is 1. The van der Waals surface area contributed by atoms with Gasteiger partial charge in [0.25, 0.3) is 10.0 Å². The molecule has 1 amide bonds. The van der Waals surface area contributed by atoms with E-state index in [-0.39, 0.29) is 53.2 Å². The molecule has 4 rings (SSSR count). The van der Waals surface area contributed by atoms with E-state index in [1.165, 1.54) is 29.2 Å². The molecule has 9 nitrogen and oxygen atoms in total. The number of anilines is 2. The van der Waals surface area contributed by atoms with Crippen molar-refractivity contribution in [1.82, 2.24) is 0 Å². The fourth-order valence-corrected chi connectivity index (χ4v) is 4.29. The number of carbonyl (C=O) groups excluding carboxylic acids is 1. The van der Waals surface area contributed by atoms with Gasteiger partial charge in [-0.25, -0.2) is 13.2 Å². The number of carboxylic acid groups (broad SMARTS) is 1. The zero-order valence-corrected chi connectivity index (χ0v) is 15.6. The summed E-state index contributed by atoms with van der Waals surface area (Å²) in [7, 11) is -2.47. The Labute approximate surface area is 160 Å². The average molecular weight is 404 g/mol. The number of rotatable bonds is 4. The van der Waals surface area contributed by atoms with Gasteiger partial charge >= 0.3 is 5.97 Å². The maximum atomic E-state index is 12.8. The van der Waals surface area contributed by atoms with Crippen LogP contribution in [0.5, 0.6) is 11.5 Å². The summed E-state index contributed by atoms with van der Waals surface area (Å²) >= 11 is 0. The van der Waals surface area contributed by atoms with Crippen LogP contribution in [0.2, 0.25) is 0 Å². The van der Waals surface area contributed by atoms with Gasteiger partial charge in [0.2, 0.25) is 5.91 Å². The van der Waals surface area contributed by atoms with Crippen LogP contribution in [0.25, 0.3) is 0 Å². The second kappa shape index (κ2) is 6.41. The summed E-state index contributed by atoms with van der Waals surface area (Å²) < 4.78 is 38.7. The lowest BCUT2D eigenvalue weighted by Crippen LogP contribution is -2.20. The minimum atomic E-state index is -4.09. The molecule has 2 aromatic rings. The molecule has 0 saturated heterocycles. The molecule has 2 aliphatic heterocycles. The van der Waals surface area contributed by atoms with Gasteiger partial charge in [-0.15, -0.1) is 0 Å². The van der Waals surface area contributed by atoms with Crippen LogP contribution in [0.1, 0.15) is 15.9 Å². The number of fused-ring (bicyclic) bond motifs is 2. The number of nitrogens with one attached hydrogen (secondary N) is 1. The minimum absolute atomic E-state index is 0.0689. The van der Waals surface area contributed by atoms with Gasteiger partial charge in [0.1, 0.15) is 13.2 Å². The van der Waals surface area contributed by atoms with Gasteiger partial charge in [-0.05, 0) is 23.8 Å². The highest BCUT2D eigenvalue weighted by molar-refractivity contribution is 7.92. The quantitative estimate of drug-likeness (QED) is 0.791. The van der Waals surface area contributed by atoms with Crippen LogP contribution in [0.15, 0.2) is 35.2 Å². The number of hydrogen-bond acceptors (Lipinski definition) is 6. The van der Waals surface area contributed by atoms with Gasteiger partial charge in [-0.1, -0.05) is 0 Å². The zero-order valence-electron chi connectivity index (χ0n) is 14.8. The number of amides is 1. The van der Waals surface area contributed by atoms with Crippen LogP contribution in [0.4, 0.5) is 11.4 Å². The first-order valence-electron chi connectivity index (χ1n) is 8.35. The molecule has 0 saturated carbocycles. The van der Waals surface area contributed by atoms with Crippen molar-refractivity contribution in [2.45, 2.75) is 11.3 Å². The molecule has 2 heterocycles. The second-order valence-corrected chi connectivity index (χ2v) is 8.05. The molecule has 0 bridgehead atoms. The number of benzene rings is 2. The summed E-state index contributed by atoms with van der Waals surface area (Å²) in [6.45, 7) is 0.553. The van der Waals surface area contributed by atoms with Crippen molar-refractivity contribution >= 4 is 33.3 Å². The molecule has 0 unspecified atom stereocenters. The maximum Gasteiger partial charge on any atom is 0.337 e. The van der Waals surface area contributed by atoms with Crippen LogP contribution in [-0.2, 0) is 21.2 Å². The summed E-state index contributed by atoms with van der Waals surface area (Å²) in [6, 6.07) is 6.86. The van der Waals surface area contributed by atoms with Crippen LogP contribution in [0, 0.1) is 0 Å². The van der Waals surface area contributed by atoms with Crippen LogP contribution < -0.4 is 19.1 Å². The van der Waals surface area contributed by atoms with Crippen LogP contribution >= 0.6 is 0 Å². The number of hydrogen-bond donors (Lipinski definition) is 2. The van der Waals surface area contributed by atoms with E-state index in [2.05, 4.69) is 4.72 Å². The lowest BCUT2D eigenvalue weighted by molar-refractivity contribution is -0.117. The van der Waals surface area contributed by atoms with Gasteiger partial charge in [-0.3, -0.25) is 9.52 Å². The average Bonchev–Trinajstić information content (AvgIpc) is 2.94. The van der Waals surface area contributed by atoms with E-state index in [4.69, 9.17) is 9.47 Å². The van der Waals surface area contributed by atoms with Crippen molar-refractivity contribution in [3.63, 3.8) is 0 Å². The van der Waals surface area contributed by atoms with Gasteiger partial charge in [-0.2, -0.15) is 0 Å². The van der Waals surface area contributed by atoms with Crippen molar-refractivity contribution in [3.8, 4) is 11.5 Å².